The van der Waals surface area contributed by atoms with E-state index in [0.29, 0.717) is 19.3 Å². The van der Waals surface area contributed by atoms with Gasteiger partial charge in [-0.1, -0.05) is 39.5 Å². The molecule has 0 heterocycles. The number of hydrogen-bond acceptors (Lipinski definition) is 3. The van der Waals surface area contributed by atoms with Crippen molar-refractivity contribution in [1.29, 1.82) is 0 Å². The summed E-state index contributed by atoms with van der Waals surface area (Å²) >= 11 is 0. The standard InChI is InChI=1S/C14H31NO2/c1-5-7-8-13(6-2)11-14(15-3)12-17-10-9-16-4/h13-15H,5-12H2,1-4H3. The molecule has 0 aromatic rings. The summed E-state index contributed by atoms with van der Waals surface area (Å²) in [6, 6.07) is 0.480. The Kier molecular flexibility index (Phi) is 12.3. The van der Waals surface area contributed by atoms with Crippen molar-refractivity contribution in [3.05, 3.63) is 0 Å². The number of hydrogen-bond donors (Lipinski definition) is 1. The minimum Gasteiger partial charge on any atom is -0.382 e. The van der Waals surface area contributed by atoms with E-state index in [1.54, 1.807) is 7.11 Å². The Labute approximate surface area is 107 Å². The lowest BCUT2D eigenvalue weighted by Gasteiger charge is -2.22. The average molecular weight is 245 g/mol. The molecular weight excluding hydrogens is 214 g/mol. The van der Waals surface area contributed by atoms with Crippen molar-refractivity contribution >= 4 is 0 Å². The van der Waals surface area contributed by atoms with Crippen LogP contribution in [-0.2, 0) is 9.47 Å². The molecule has 0 aliphatic carbocycles. The van der Waals surface area contributed by atoms with Crippen molar-refractivity contribution in [3.63, 3.8) is 0 Å². The average Bonchev–Trinajstić information content (AvgIpc) is 2.37. The third kappa shape index (κ3) is 9.57. The molecule has 1 N–H and O–H groups in total. The summed E-state index contributed by atoms with van der Waals surface area (Å²) < 4.78 is 10.6. The van der Waals surface area contributed by atoms with E-state index in [2.05, 4.69) is 19.2 Å². The van der Waals surface area contributed by atoms with Gasteiger partial charge >= 0.3 is 0 Å². The van der Waals surface area contributed by atoms with Crippen LogP contribution in [-0.4, -0.2) is 40.0 Å². The van der Waals surface area contributed by atoms with Crippen LogP contribution in [0.5, 0.6) is 0 Å². The number of methoxy groups -OCH3 is 1. The summed E-state index contributed by atoms with van der Waals surface area (Å²) in [4.78, 5) is 0. The van der Waals surface area contributed by atoms with Crippen LogP contribution in [0.25, 0.3) is 0 Å². The number of nitrogens with one attached hydrogen (secondary N) is 1. The lowest BCUT2D eigenvalue weighted by Crippen LogP contribution is -2.33. The lowest BCUT2D eigenvalue weighted by atomic mass is 9.92. The molecule has 0 aliphatic heterocycles. The van der Waals surface area contributed by atoms with Gasteiger partial charge in [0.25, 0.3) is 0 Å². The second kappa shape index (κ2) is 12.3. The molecule has 0 aromatic carbocycles. The number of ether oxygens (including phenoxy) is 2. The second-order valence-electron chi connectivity index (χ2n) is 4.71. The van der Waals surface area contributed by atoms with Crippen molar-refractivity contribution in [3.8, 4) is 0 Å². The molecular formula is C14H31NO2. The second-order valence-corrected chi connectivity index (χ2v) is 4.71. The molecule has 0 aliphatic rings. The van der Waals surface area contributed by atoms with Crippen molar-refractivity contribution < 1.29 is 9.47 Å². The van der Waals surface area contributed by atoms with Gasteiger partial charge in [0, 0.05) is 13.2 Å². The van der Waals surface area contributed by atoms with Crippen LogP contribution in [0.3, 0.4) is 0 Å². The molecule has 104 valence electrons. The van der Waals surface area contributed by atoms with E-state index >= 15 is 0 Å². The van der Waals surface area contributed by atoms with Gasteiger partial charge in [-0.15, -0.1) is 0 Å². The smallest absolute Gasteiger partial charge is 0.0701 e. The molecule has 0 saturated carbocycles. The van der Waals surface area contributed by atoms with Crippen molar-refractivity contribution in [2.75, 3.05) is 34.0 Å². The SMILES string of the molecule is CCCCC(CC)CC(COCCOC)NC. The summed E-state index contributed by atoms with van der Waals surface area (Å²) in [5.41, 5.74) is 0. The van der Waals surface area contributed by atoms with Crippen molar-refractivity contribution in [2.45, 2.75) is 52.0 Å². The van der Waals surface area contributed by atoms with Crippen LogP contribution in [0.15, 0.2) is 0 Å². The first kappa shape index (κ1) is 16.9. The van der Waals surface area contributed by atoms with Gasteiger partial charge in [0.05, 0.1) is 19.8 Å². The quantitative estimate of drug-likeness (QED) is 0.536. The Bertz CT molecular complexity index is 153. The molecule has 17 heavy (non-hydrogen) atoms. The van der Waals surface area contributed by atoms with Crippen LogP contribution in [0.4, 0.5) is 0 Å². The molecule has 2 unspecified atom stereocenters. The maximum absolute atomic E-state index is 5.59. The monoisotopic (exact) mass is 245 g/mol. The molecule has 3 nitrogen and oxygen atoms in total. The van der Waals surface area contributed by atoms with Gasteiger partial charge in [-0.05, 0) is 19.4 Å². The molecule has 0 rings (SSSR count). The van der Waals surface area contributed by atoms with E-state index in [4.69, 9.17) is 9.47 Å². The van der Waals surface area contributed by atoms with Gasteiger partial charge in [-0.3, -0.25) is 0 Å². The fourth-order valence-corrected chi connectivity index (χ4v) is 2.02. The summed E-state index contributed by atoms with van der Waals surface area (Å²) in [7, 11) is 3.73. The maximum Gasteiger partial charge on any atom is 0.0701 e. The molecule has 0 amide bonds. The largest absolute Gasteiger partial charge is 0.382 e. The summed E-state index contributed by atoms with van der Waals surface area (Å²) in [6.07, 6.45) is 6.49. The zero-order chi connectivity index (χ0) is 12.9. The molecule has 0 fully saturated rings. The highest BCUT2D eigenvalue weighted by Gasteiger charge is 2.13. The summed E-state index contributed by atoms with van der Waals surface area (Å²) in [5, 5.41) is 3.35. The first-order chi connectivity index (χ1) is 8.28. The van der Waals surface area contributed by atoms with Gasteiger partial charge in [-0.25, -0.2) is 0 Å². The normalized spacial score (nSPS) is 14.8. The van der Waals surface area contributed by atoms with Gasteiger partial charge in [-0.2, -0.15) is 0 Å². The van der Waals surface area contributed by atoms with Gasteiger partial charge in [0.15, 0.2) is 0 Å². The third-order valence-electron chi connectivity index (χ3n) is 3.32. The zero-order valence-corrected chi connectivity index (χ0v) is 12.1. The number of rotatable bonds is 12. The van der Waals surface area contributed by atoms with E-state index < -0.39 is 0 Å². The highest BCUT2D eigenvalue weighted by Crippen LogP contribution is 2.18. The molecule has 3 heteroatoms. The Morgan fingerprint density at radius 3 is 2.47 bits per heavy atom. The van der Waals surface area contributed by atoms with Crippen molar-refractivity contribution in [1.82, 2.24) is 5.32 Å². The van der Waals surface area contributed by atoms with Crippen LogP contribution in [0, 0.1) is 5.92 Å². The first-order valence-corrected chi connectivity index (χ1v) is 7.02. The Morgan fingerprint density at radius 1 is 1.18 bits per heavy atom. The molecule has 0 saturated heterocycles. The van der Waals surface area contributed by atoms with Crippen molar-refractivity contribution in [2.24, 2.45) is 5.92 Å². The Hall–Kier alpha value is -0.120. The zero-order valence-electron chi connectivity index (χ0n) is 12.1. The van der Waals surface area contributed by atoms with E-state index in [-0.39, 0.29) is 0 Å². The highest BCUT2D eigenvalue weighted by atomic mass is 16.5. The Morgan fingerprint density at radius 2 is 1.94 bits per heavy atom. The number of likely N-dealkylation sites (N-methyl/N-ethyl adjacent to an activating group) is 1. The van der Waals surface area contributed by atoms with Crippen LogP contribution < -0.4 is 5.32 Å². The van der Waals surface area contributed by atoms with Crippen LogP contribution >= 0.6 is 0 Å². The lowest BCUT2D eigenvalue weighted by molar-refractivity contribution is 0.0557. The maximum atomic E-state index is 5.59. The predicted molar refractivity (Wildman–Crippen MR) is 73.5 cm³/mol. The molecule has 0 aromatic heterocycles. The topological polar surface area (TPSA) is 30.5 Å². The van der Waals surface area contributed by atoms with E-state index in [1.165, 1.54) is 32.1 Å². The van der Waals surface area contributed by atoms with Gasteiger partial charge < -0.3 is 14.8 Å². The molecule has 2 atom stereocenters. The van der Waals surface area contributed by atoms with Crippen LogP contribution in [0.1, 0.15) is 46.0 Å². The fourth-order valence-electron chi connectivity index (χ4n) is 2.02. The minimum atomic E-state index is 0.480. The Balaban J connectivity index is 3.74. The minimum absolute atomic E-state index is 0.480. The van der Waals surface area contributed by atoms with E-state index in [0.717, 1.165) is 12.5 Å². The van der Waals surface area contributed by atoms with Crippen LogP contribution in [0.2, 0.25) is 0 Å². The van der Waals surface area contributed by atoms with E-state index in [1.807, 2.05) is 7.05 Å². The number of unbranched alkanes of at least 4 members (excludes halogenated alkanes) is 1. The highest BCUT2D eigenvalue weighted by molar-refractivity contribution is 4.69. The summed E-state index contributed by atoms with van der Waals surface area (Å²) in [5.74, 6) is 0.832. The predicted octanol–water partition coefficient (Wildman–Crippen LogP) is 2.84. The third-order valence-corrected chi connectivity index (χ3v) is 3.32. The van der Waals surface area contributed by atoms with E-state index in [9.17, 15) is 0 Å². The molecule has 0 spiro atoms. The van der Waals surface area contributed by atoms with Gasteiger partial charge in [0.1, 0.15) is 0 Å². The van der Waals surface area contributed by atoms with Gasteiger partial charge in [0.2, 0.25) is 0 Å². The summed E-state index contributed by atoms with van der Waals surface area (Å²) in [6.45, 7) is 6.72. The molecule has 0 bridgehead atoms. The first-order valence-electron chi connectivity index (χ1n) is 7.02. The molecule has 0 radical (unpaired) electrons. The fraction of sp³-hybridized carbons (Fsp3) is 1.00.